The SMILES string of the molecule is CC(=N)/C(C(=O)Nc1ccc(C)c(C)c1)=C(\C)N(N)[S-]. The summed E-state index contributed by atoms with van der Waals surface area (Å²) in [6, 6.07) is 5.63. The molecule has 0 aliphatic rings. The van der Waals surface area contributed by atoms with Gasteiger partial charge in [-0.15, -0.1) is 0 Å². The van der Waals surface area contributed by atoms with E-state index >= 15 is 0 Å². The lowest BCUT2D eigenvalue weighted by Gasteiger charge is -2.28. The molecule has 0 spiro atoms. The van der Waals surface area contributed by atoms with E-state index in [0.717, 1.165) is 15.5 Å². The van der Waals surface area contributed by atoms with Crippen LogP contribution in [-0.2, 0) is 17.6 Å². The molecule has 20 heavy (non-hydrogen) atoms. The molecule has 0 atom stereocenters. The van der Waals surface area contributed by atoms with Crippen molar-refractivity contribution in [3.05, 3.63) is 40.6 Å². The number of allylic oxidation sites excluding steroid dienone is 1. The molecule has 0 bridgehead atoms. The highest BCUT2D eigenvalue weighted by Gasteiger charge is 2.15. The number of nitrogens with zero attached hydrogens (tertiary/aromatic N) is 1. The van der Waals surface area contributed by atoms with Gasteiger partial charge < -0.3 is 28.0 Å². The molecule has 0 aliphatic carbocycles. The van der Waals surface area contributed by atoms with E-state index in [-0.39, 0.29) is 11.3 Å². The predicted octanol–water partition coefficient (Wildman–Crippen LogP) is 2.19. The van der Waals surface area contributed by atoms with Crippen LogP contribution >= 0.6 is 0 Å². The molecule has 0 radical (unpaired) electrons. The second-order valence-electron chi connectivity index (χ2n) is 4.66. The van der Waals surface area contributed by atoms with Crippen molar-refractivity contribution >= 4 is 30.1 Å². The third-order valence-corrected chi connectivity index (χ3v) is 3.33. The minimum absolute atomic E-state index is 0.115. The summed E-state index contributed by atoms with van der Waals surface area (Å²) in [5.74, 6) is 5.07. The minimum Gasteiger partial charge on any atom is -0.647 e. The highest BCUT2D eigenvalue weighted by atomic mass is 32.1. The van der Waals surface area contributed by atoms with Crippen LogP contribution < -0.4 is 11.2 Å². The number of nitrogens with one attached hydrogen (secondary N) is 2. The van der Waals surface area contributed by atoms with E-state index in [4.69, 9.17) is 24.1 Å². The second kappa shape index (κ2) is 6.58. The van der Waals surface area contributed by atoms with Gasteiger partial charge in [-0.3, -0.25) is 10.6 Å². The number of carbonyl (C=O) groups is 1. The van der Waals surface area contributed by atoms with Crippen molar-refractivity contribution in [2.75, 3.05) is 5.32 Å². The van der Waals surface area contributed by atoms with Gasteiger partial charge in [0, 0.05) is 17.1 Å². The van der Waals surface area contributed by atoms with Crippen LogP contribution in [0.15, 0.2) is 29.5 Å². The molecule has 0 aromatic heterocycles. The zero-order chi connectivity index (χ0) is 15.4. The van der Waals surface area contributed by atoms with E-state index in [1.807, 2.05) is 32.0 Å². The summed E-state index contributed by atoms with van der Waals surface area (Å²) < 4.78 is 0.924. The summed E-state index contributed by atoms with van der Waals surface area (Å²) in [6.07, 6.45) is 0. The van der Waals surface area contributed by atoms with Crippen molar-refractivity contribution in [3.8, 4) is 0 Å². The van der Waals surface area contributed by atoms with Crippen molar-refractivity contribution in [1.82, 2.24) is 4.41 Å². The van der Waals surface area contributed by atoms with Crippen LogP contribution in [0, 0.1) is 19.3 Å². The second-order valence-corrected chi connectivity index (χ2v) is 5.06. The van der Waals surface area contributed by atoms with Gasteiger partial charge in [-0.2, -0.15) is 0 Å². The summed E-state index contributed by atoms with van der Waals surface area (Å²) in [7, 11) is 0. The number of aryl methyl sites for hydroxylation is 2. The molecule has 6 heteroatoms. The standard InChI is InChI=1S/C14H19N4OS/c1-8-5-6-12(7-9(8)2)17-14(19)13(10(3)15)11(4)18(16)20/h5-7,15H,16H2,1-4H3,(H,17,19)/q-1/b13-11-,15-10?. The van der Waals surface area contributed by atoms with Crippen LogP contribution in [0.1, 0.15) is 25.0 Å². The molecule has 4 N–H and O–H groups in total. The first-order valence-electron chi connectivity index (χ1n) is 6.11. The molecule has 1 aromatic carbocycles. The molecular weight excluding hydrogens is 272 g/mol. The molecule has 0 saturated carbocycles. The zero-order valence-corrected chi connectivity index (χ0v) is 12.9. The molecule has 1 rings (SSSR count). The Bertz CT molecular complexity index is 579. The fraction of sp³-hybridized carbons (Fsp3) is 0.286. The summed E-state index contributed by atoms with van der Waals surface area (Å²) in [5, 5.41) is 10.5. The molecule has 0 aliphatic heterocycles. The van der Waals surface area contributed by atoms with Crippen molar-refractivity contribution < 1.29 is 4.79 Å². The van der Waals surface area contributed by atoms with Gasteiger partial charge in [0.25, 0.3) is 5.91 Å². The van der Waals surface area contributed by atoms with Gasteiger partial charge >= 0.3 is 0 Å². The quantitative estimate of drug-likeness (QED) is 0.261. The van der Waals surface area contributed by atoms with Gasteiger partial charge in [-0.1, -0.05) is 6.07 Å². The summed E-state index contributed by atoms with van der Waals surface area (Å²) in [4.78, 5) is 12.3. The number of carbonyl (C=O) groups excluding carboxylic acids is 1. The van der Waals surface area contributed by atoms with E-state index in [1.54, 1.807) is 6.92 Å². The Balaban J connectivity index is 3.07. The first-order chi connectivity index (χ1) is 9.23. The zero-order valence-electron chi connectivity index (χ0n) is 12.1. The minimum atomic E-state index is -0.390. The smallest absolute Gasteiger partial charge is 0.259 e. The van der Waals surface area contributed by atoms with Crippen LogP contribution in [0.2, 0.25) is 0 Å². The lowest BCUT2D eigenvalue weighted by atomic mass is 10.1. The highest BCUT2D eigenvalue weighted by Crippen LogP contribution is 2.16. The Morgan fingerprint density at radius 1 is 1.30 bits per heavy atom. The van der Waals surface area contributed by atoms with Gasteiger partial charge in [0.15, 0.2) is 0 Å². The number of hydrazine groups is 1. The number of amides is 1. The Morgan fingerprint density at radius 2 is 1.90 bits per heavy atom. The number of nitrogens with two attached hydrogens (primary N) is 1. The summed E-state index contributed by atoms with van der Waals surface area (Å²) in [6.45, 7) is 7.11. The monoisotopic (exact) mass is 291 g/mol. The van der Waals surface area contributed by atoms with Crippen LogP contribution in [-0.4, -0.2) is 16.0 Å². The van der Waals surface area contributed by atoms with Crippen molar-refractivity contribution in [2.24, 2.45) is 5.84 Å². The van der Waals surface area contributed by atoms with Crippen molar-refractivity contribution in [1.29, 1.82) is 5.41 Å². The van der Waals surface area contributed by atoms with E-state index < -0.39 is 5.91 Å². The molecule has 5 nitrogen and oxygen atoms in total. The number of anilines is 1. The van der Waals surface area contributed by atoms with Gasteiger partial charge in [0.2, 0.25) is 0 Å². The first-order valence-corrected chi connectivity index (χ1v) is 6.47. The Kier molecular flexibility index (Phi) is 5.35. The normalized spacial score (nSPS) is 11.7. The predicted molar refractivity (Wildman–Crippen MR) is 84.0 cm³/mol. The van der Waals surface area contributed by atoms with Gasteiger partial charge in [-0.05, 0) is 51.0 Å². The third kappa shape index (κ3) is 3.85. The maximum atomic E-state index is 12.3. The van der Waals surface area contributed by atoms with Crippen molar-refractivity contribution in [3.63, 3.8) is 0 Å². The van der Waals surface area contributed by atoms with E-state index in [1.165, 1.54) is 6.92 Å². The molecule has 0 unspecified atom stereocenters. The fourth-order valence-corrected chi connectivity index (χ4v) is 1.82. The average molecular weight is 291 g/mol. The Morgan fingerprint density at radius 3 is 2.35 bits per heavy atom. The summed E-state index contributed by atoms with van der Waals surface area (Å²) >= 11 is 4.80. The summed E-state index contributed by atoms with van der Waals surface area (Å²) in [5.41, 5.74) is 3.58. The largest absolute Gasteiger partial charge is 0.647 e. The maximum absolute atomic E-state index is 12.3. The van der Waals surface area contributed by atoms with Crippen LogP contribution in [0.3, 0.4) is 0 Å². The molecular formula is C14H19N4OS-. The molecule has 0 fully saturated rings. The fourth-order valence-electron chi connectivity index (χ4n) is 1.73. The van der Waals surface area contributed by atoms with Gasteiger partial charge in [0.1, 0.15) is 0 Å². The Hall–Kier alpha value is -1.79. The molecule has 1 amide bonds. The third-order valence-electron chi connectivity index (χ3n) is 3.06. The average Bonchev–Trinajstić information content (AvgIpc) is 2.33. The van der Waals surface area contributed by atoms with Crippen LogP contribution in [0.4, 0.5) is 5.69 Å². The first kappa shape index (κ1) is 16.3. The lowest BCUT2D eigenvalue weighted by molar-refractivity contribution is -0.112. The lowest BCUT2D eigenvalue weighted by Crippen LogP contribution is -2.29. The van der Waals surface area contributed by atoms with E-state index in [2.05, 4.69) is 5.32 Å². The number of rotatable bonds is 4. The number of hydrogen-bond acceptors (Lipinski definition) is 5. The molecule has 108 valence electrons. The Labute approximate surface area is 124 Å². The van der Waals surface area contributed by atoms with Gasteiger partial charge in [0.05, 0.1) is 5.57 Å². The topological polar surface area (TPSA) is 82.2 Å². The molecule has 0 saturated heterocycles. The van der Waals surface area contributed by atoms with E-state index in [0.29, 0.717) is 11.4 Å². The van der Waals surface area contributed by atoms with Crippen molar-refractivity contribution in [2.45, 2.75) is 27.7 Å². The number of hydrogen-bond donors (Lipinski definition) is 3. The maximum Gasteiger partial charge on any atom is 0.259 e. The molecule has 0 heterocycles. The van der Waals surface area contributed by atoms with Crippen LogP contribution in [0.5, 0.6) is 0 Å². The van der Waals surface area contributed by atoms with Gasteiger partial charge in [-0.25, -0.2) is 0 Å². The van der Waals surface area contributed by atoms with E-state index in [9.17, 15) is 4.79 Å². The number of benzene rings is 1. The highest BCUT2D eigenvalue weighted by molar-refractivity contribution is 7.56. The molecule has 1 aromatic rings. The van der Waals surface area contributed by atoms with Crippen LogP contribution in [0.25, 0.3) is 0 Å².